The Morgan fingerprint density at radius 2 is 1.89 bits per heavy atom. The highest BCUT2D eigenvalue weighted by Crippen LogP contribution is 2.31. The zero-order valence-corrected chi connectivity index (χ0v) is 10.7. The molecule has 2 nitrogen and oxygen atoms in total. The summed E-state index contributed by atoms with van der Waals surface area (Å²) in [5.41, 5.74) is 6.51. The lowest BCUT2D eigenvalue weighted by Crippen LogP contribution is -2.32. The third-order valence-corrected chi connectivity index (χ3v) is 3.87. The molecule has 1 aliphatic carbocycles. The lowest BCUT2D eigenvalue weighted by atomic mass is 9.83. The molecule has 3 N–H and O–H groups in total. The Bertz CT molecular complexity index is 421. The van der Waals surface area contributed by atoms with E-state index in [-0.39, 0.29) is 5.69 Å². The minimum Gasteiger partial charge on any atom is -0.397 e. The van der Waals surface area contributed by atoms with Gasteiger partial charge >= 0.3 is 0 Å². The second-order valence-electron chi connectivity index (χ2n) is 5.06. The van der Waals surface area contributed by atoms with Gasteiger partial charge in [-0.2, -0.15) is 0 Å². The van der Waals surface area contributed by atoms with Crippen molar-refractivity contribution in [3.05, 3.63) is 23.8 Å². The number of anilines is 2. The van der Waals surface area contributed by atoms with Gasteiger partial charge in [-0.05, 0) is 18.8 Å². The molecule has 0 radical (unpaired) electrons. The van der Waals surface area contributed by atoms with Crippen molar-refractivity contribution in [2.45, 2.75) is 45.1 Å². The van der Waals surface area contributed by atoms with E-state index >= 15 is 0 Å². The molecule has 2 atom stereocenters. The molecule has 4 heteroatoms. The Labute approximate surface area is 107 Å². The number of halogens is 2. The van der Waals surface area contributed by atoms with Crippen LogP contribution >= 0.6 is 0 Å². The summed E-state index contributed by atoms with van der Waals surface area (Å²) in [6.07, 6.45) is 5.79. The largest absolute Gasteiger partial charge is 0.397 e. The van der Waals surface area contributed by atoms with Crippen LogP contribution < -0.4 is 11.1 Å². The van der Waals surface area contributed by atoms with Gasteiger partial charge in [-0.25, -0.2) is 8.78 Å². The molecule has 0 spiro atoms. The molecule has 0 bridgehead atoms. The highest BCUT2D eigenvalue weighted by atomic mass is 19.2. The van der Waals surface area contributed by atoms with Crippen LogP contribution in [0, 0.1) is 17.6 Å². The fourth-order valence-corrected chi connectivity index (χ4v) is 2.77. The fraction of sp³-hybridized carbons (Fsp3) is 0.571. The van der Waals surface area contributed by atoms with Crippen molar-refractivity contribution < 1.29 is 8.78 Å². The van der Waals surface area contributed by atoms with E-state index in [2.05, 4.69) is 12.2 Å². The van der Waals surface area contributed by atoms with E-state index in [4.69, 9.17) is 5.73 Å². The van der Waals surface area contributed by atoms with Crippen LogP contribution in [-0.4, -0.2) is 6.04 Å². The van der Waals surface area contributed by atoms with Crippen LogP contribution in [0.2, 0.25) is 0 Å². The van der Waals surface area contributed by atoms with Crippen molar-refractivity contribution in [2.24, 2.45) is 5.92 Å². The van der Waals surface area contributed by atoms with Crippen molar-refractivity contribution in [2.75, 3.05) is 11.1 Å². The van der Waals surface area contributed by atoms with Gasteiger partial charge in [0.2, 0.25) is 0 Å². The first-order valence-corrected chi connectivity index (χ1v) is 6.63. The quantitative estimate of drug-likeness (QED) is 0.802. The topological polar surface area (TPSA) is 38.0 Å². The molecule has 0 amide bonds. The lowest BCUT2D eigenvalue weighted by Gasteiger charge is -2.32. The summed E-state index contributed by atoms with van der Waals surface area (Å²) in [6.45, 7) is 2.17. The molecule has 1 aromatic carbocycles. The zero-order valence-electron chi connectivity index (χ0n) is 10.7. The molecule has 1 saturated carbocycles. The number of hydrogen-bond donors (Lipinski definition) is 2. The molecular formula is C14H20F2N2. The van der Waals surface area contributed by atoms with E-state index in [0.29, 0.717) is 17.6 Å². The number of nitrogen functional groups attached to an aromatic ring is 1. The van der Waals surface area contributed by atoms with Crippen molar-refractivity contribution >= 4 is 11.4 Å². The van der Waals surface area contributed by atoms with Crippen molar-refractivity contribution in [1.82, 2.24) is 0 Å². The van der Waals surface area contributed by atoms with Gasteiger partial charge in [-0.1, -0.05) is 26.2 Å². The van der Waals surface area contributed by atoms with Crippen LogP contribution in [0.1, 0.15) is 39.0 Å². The molecule has 0 aliphatic heterocycles. The Balaban J connectivity index is 2.15. The Morgan fingerprint density at radius 3 is 2.61 bits per heavy atom. The molecule has 1 aliphatic rings. The number of hydrogen-bond acceptors (Lipinski definition) is 2. The molecule has 2 unspecified atom stereocenters. The molecule has 18 heavy (non-hydrogen) atoms. The normalized spacial score (nSPS) is 23.9. The van der Waals surface area contributed by atoms with E-state index in [1.165, 1.54) is 19.3 Å². The smallest absolute Gasteiger partial charge is 0.161 e. The summed E-state index contributed by atoms with van der Waals surface area (Å²) in [6, 6.07) is 2.52. The summed E-state index contributed by atoms with van der Waals surface area (Å²) in [5, 5.41) is 3.29. The van der Waals surface area contributed by atoms with Gasteiger partial charge in [-0.3, -0.25) is 0 Å². The maximum atomic E-state index is 13.2. The van der Waals surface area contributed by atoms with Gasteiger partial charge in [0.25, 0.3) is 0 Å². The summed E-state index contributed by atoms with van der Waals surface area (Å²) >= 11 is 0. The van der Waals surface area contributed by atoms with Crippen molar-refractivity contribution in [1.29, 1.82) is 0 Å². The zero-order chi connectivity index (χ0) is 13.1. The highest BCUT2D eigenvalue weighted by Gasteiger charge is 2.24. The van der Waals surface area contributed by atoms with Crippen molar-refractivity contribution in [3.8, 4) is 0 Å². The minimum absolute atomic E-state index is 0.273. The van der Waals surface area contributed by atoms with Crippen LogP contribution in [0.4, 0.5) is 20.2 Å². The molecule has 0 heterocycles. The Morgan fingerprint density at radius 1 is 1.22 bits per heavy atom. The van der Waals surface area contributed by atoms with Crippen LogP contribution in [0.15, 0.2) is 12.1 Å². The van der Waals surface area contributed by atoms with Gasteiger partial charge < -0.3 is 11.1 Å². The van der Waals surface area contributed by atoms with E-state index in [9.17, 15) is 8.78 Å². The SMILES string of the molecule is CCC1CCCCC1Nc1cc(F)c(F)cc1N. The lowest BCUT2D eigenvalue weighted by molar-refractivity contribution is 0.317. The third-order valence-electron chi connectivity index (χ3n) is 3.87. The summed E-state index contributed by atoms with van der Waals surface area (Å²) in [7, 11) is 0. The Kier molecular flexibility index (Phi) is 4.04. The van der Waals surface area contributed by atoms with Gasteiger partial charge in [0.05, 0.1) is 11.4 Å². The van der Waals surface area contributed by atoms with Gasteiger partial charge in [0.1, 0.15) is 0 Å². The first kappa shape index (κ1) is 13.1. The number of benzene rings is 1. The maximum absolute atomic E-state index is 13.2. The third kappa shape index (κ3) is 2.74. The van der Waals surface area contributed by atoms with Crippen LogP contribution in [0.3, 0.4) is 0 Å². The molecule has 0 saturated heterocycles. The average molecular weight is 254 g/mol. The van der Waals surface area contributed by atoms with E-state index in [1.54, 1.807) is 0 Å². The first-order valence-electron chi connectivity index (χ1n) is 6.63. The van der Waals surface area contributed by atoms with E-state index < -0.39 is 11.6 Å². The first-order chi connectivity index (χ1) is 8.61. The summed E-state index contributed by atoms with van der Waals surface area (Å²) in [4.78, 5) is 0. The average Bonchev–Trinajstić information content (AvgIpc) is 2.36. The molecule has 100 valence electrons. The molecule has 1 aromatic rings. The second kappa shape index (κ2) is 5.55. The van der Waals surface area contributed by atoms with E-state index in [1.807, 2.05) is 0 Å². The Hall–Kier alpha value is -1.32. The molecule has 1 fully saturated rings. The predicted molar refractivity (Wildman–Crippen MR) is 70.4 cm³/mol. The van der Waals surface area contributed by atoms with Gasteiger partial charge in [-0.15, -0.1) is 0 Å². The number of nitrogens with one attached hydrogen (secondary N) is 1. The molecular weight excluding hydrogens is 234 g/mol. The number of nitrogens with two attached hydrogens (primary N) is 1. The standard InChI is InChI=1S/C14H20F2N2/c1-2-9-5-3-4-6-13(9)18-14-8-11(16)10(15)7-12(14)17/h7-9,13,18H,2-6,17H2,1H3. The molecule has 2 rings (SSSR count). The van der Waals surface area contributed by atoms with Crippen LogP contribution in [0.5, 0.6) is 0 Å². The second-order valence-corrected chi connectivity index (χ2v) is 5.06. The summed E-state index contributed by atoms with van der Waals surface area (Å²) in [5.74, 6) is -1.16. The predicted octanol–water partition coefficient (Wildman–Crippen LogP) is 3.93. The van der Waals surface area contributed by atoms with Crippen LogP contribution in [-0.2, 0) is 0 Å². The van der Waals surface area contributed by atoms with Crippen LogP contribution in [0.25, 0.3) is 0 Å². The summed E-state index contributed by atoms with van der Waals surface area (Å²) < 4.78 is 26.2. The van der Waals surface area contributed by atoms with Crippen molar-refractivity contribution in [3.63, 3.8) is 0 Å². The van der Waals surface area contributed by atoms with Gasteiger partial charge in [0, 0.05) is 18.2 Å². The minimum atomic E-state index is -0.895. The number of rotatable bonds is 3. The molecule has 0 aromatic heterocycles. The van der Waals surface area contributed by atoms with E-state index in [0.717, 1.165) is 25.0 Å². The fourth-order valence-electron chi connectivity index (χ4n) is 2.77. The maximum Gasteiger partial charge on any atom is 0.161 e. The monoisotopic (exact) mass is 254 g/mol. The highest BCUT2D eigenvalue weighted by molar-refractivity contribution is 5.66. The van der Waals surface area contributed by atoms with Gasteiger partial charge in [0.15, 0.2) is 11.6 Å².